The highest BCUT2D eigenvalue weighted by Gasteiger charge is 2.21. The number of aryl methyl sites for hydroxylation is 1. The number of fused-ring (bicyclic) bond motifs is 3. The van der Waals surface area contributed by atoms with Crippen molar-refractivity contribution in [1.82, 2.24) is 23.1 Å². The molecule has 0 fully saturated rings. The molecule has 0 unspecified atom stereocenters. The minimum absolute atomic E-state index is 0.354. The van der Waals surface area contributed by atoms with Gasteiger partial charge in [-0.25, -0.2) is 4.79 Å². The third-order valence-electron chi connectivity index (χ3n) is 6.17. The number of hydrogen-bond acceptors (Lipinski definition) is 4. The second-order valence-corrected chi connectivity index (χ2v) is 8.48. The maximum atomic E-state index is 13.0. The molecule has 0 bridgehead atoms. The summed E-state index contributed by atoms with van der Waals surface area (Å²) in [7, 11) is 4.74. The van der Waals surface area contributed by atoms with Gasteiger partial charge < -0.3 is 4.74 Å². The lowest BCUT2D eigenvalue weighted by Crippen LogP contribution is -2.37. The van der Waals surface area contributed by atoms with Gasteiger partial charge in [0.2, 0.25) is 5.78 Å². The van der Waals surface area contributed by atoms with Gasteiger partial charge in [0.25, 0.3) is 5.56 Å². The first kappa shape index (κ1) is 20.8. The Bertz CT molecular complexity index is 1610. The fourth-order valence-corrected chi connectivity index (χ4v) is 4.20. The highest BCUT2D eigenvalue weighted by Crippen LogP contribution is 2.30. The van der Waals surface area contributed by atoms with Crippen LogP contribution in [0.2, 0.25) is 0 Å². The number of methoxy groups -OCH3 is 1. The molecular weight excluding hydrogens is 418 g/mol. The Kier molecular flexibility index (Phi) is 4.74. The molecule has 0 atom stereocenters. The Morgan fingerprint density at radius 2 is 1.58 bits per heavy atom. The Morgan fingerprint density at radius 1 is 0.909 bits per heavy atom. The van der Waals surface area contributed by atoms with Crippen molar-refractivity contribution in [3.63, 3.8) is 0 Å². The van der Waals surface area contributed by atoms with Gasteiger partial charge in [0, 0.05) is 31.5 Å². The smallest absolute Gasteiger partial charge is 0.332 e. The van der Waals surface area contributed by atoms with Crippen molar-refractivity contribution in [2.75, 3.05) is 7.11 Å². The quantitative estimate of drug-likeness (QED) is 0.426. The van der Waals surface area contributed by atoms with E-state index in [2.05, 4.69) is 38.1 Å². The van der Waals surface area contributed by atoms with Crippen molar-refractivity contribution in [2.24, 2.45) is 14.1 Å². The van der Waals surface area contributed by atoms with E-state index in [1.54, 1.807) is 18.6 Å². The maximum Gasteiger partial charge on any atom is 0.332 e. The summed E-state index contributed by atoms with van der Waals surface area (Å²) < 4.78 is 11.6. The van der Waals surface area contributed by atoms with Gasteiger partial charge in [0.05, 0.1) is 12.8 Å². The summed E-state index contributed by atoms with van der Waals surface area (Å²) in [5.74, 6) is 1.74. The summed E-state index contributed by atoms with van der Waals surface area (Å²) in [5.41, 5.74) is 3.90. The van der Waals surface area contributed by atoms with Gasteiger partial charge in [0.15, 0.2) is 11.2 Å². The molecule has 0 N–H and O–H groups in total. The Morgan fingerprint density at radius 3 is 2.18 bits per heavy atom. The van der Waals surface area contributed by atoms with Gasteiger partial charge in [-0.05, 0) is 47.9 Å². The van der Waals surface area contributed by atoms with E-state index < -0.39 is 5.69 Å². The summed E-state index contributed by atoms with van der Waals surface area (Å²) in [6, 6.07) is 16.1. The van der Waals surface area contributed by atoms with E-state index in [0.29, 0.717) is 22.9 Å². The molecule has 0 amide bonds. The van der Waals surface area contributed by atoms with E-state index in [1.807, 2.05) is 35.0 Å². The summed E-state index contributed by atoms with van der Waals surface area (Å²) in [5, 5.41) is 0. The minimum Gasteiger partial charge on any atom is -0.497 e. The van der Waals surface area contributed by atoms with Crippen LogP contribution in [0.3, 0.4) is 0 Å². The third-order valence-corrected chi connectivity index (χ3v) is 6.17. The molecule has 0 aliphatic rings. The number of aromatic nitrogens is 5. The van der Waals surface area contributed by atoms with Gasteiger partial charge in [-0.2, -0.15) is 4.98 Å². The second-order valence-electron chi connectivity index (χ2n) is 8.48. The highest BCUT2D eigenvalue weighted by molar-refractivity contribution is 5.79. The number of hydrogen-bond donors (Lipinski definition) is 0. The van der Waals surface area contributed by atoms with E-state index in [-0.39, 0.29) is 5.56 Å². The number of ether oxygens (including phenoxy) is 1. The molecule has 0 saturated heterocycles. The van der Waals surface area contributed by atoms with Crippen LogP contribution in [0.4, 0.5) is 0 Å². The zero-order chi connectivity index (χ0) is 23.4. The molecule has 0 saturated carbocycles. The summed E-state index contributed by atoms with van der Waals surface area (Å²) in [4.78, 5) is 30.2. The molecular formula is C25H25N5O3. The van der Waals surface area contributed by atoms with Crippen LogP contribution in [0, 0.1) is 0 Å². The molecule has 3 heterocycles. The van der Waals surface area contributed by atoms with Crippen LogP contribution in [0.15, 0.2) is 64.3 Å². The first-order chi connectivity index (χ1) is 15.8. The SMILES string of the molecule is COc1ccc(-c2cn3c4c(=O)n(C)c(=O)n(C)c4nc3n2-c2ccc(C(C)C)cc2)cc1. The average Bonchev–Trinajstić information content (AvgIpc) is 3.38. The molecule has 0 radical (unpaired) electrons. The van der Waals surface area contributed by atoms with Crippen LogP contribution in [-0.4, -0.2) is 30.2 Å². The summed E-state index contributed by atoms with van der Waals surface area (Å²) >= 11 is 0. The molecule has 2 aromatic carbocycles. The lowest BCUT2D eigenvalue weighted by Gasteiger charge is -2.12. The van der Waals surface area contributed by atoms with Gasteiger partial charge >= 0.3 is 5.69 Å². The van der Waals surface area contributed by atoms with Crippen molar-refractivity contribution >= 4 is 16.9 Å². The number of nitrogens with zero attached hydrogens (tertiary/aromatic N) is 5. The number of benzene rings is 2. The number of imidazole rings is 2. The summed E-state index contributed by atoms with van der Waals surface area (Å²) in [6.07, 6.45) is 1.90. The lowest BCUT2D eigenvalue weighted by molar-refractivity contribution is 0.415. The van der Waals surface area contributed by atoms with Crippen LogP contribution in [-0.2, 0) is 14.1 Å². The molecule has 5 aromatic rings. The van der Waals surface area contributed by atoms with Crippen molar-refractivity contribution in [2.45, 2.75) is 19.8 Å². The lowest BCUT2D eigenvalue weighted by atomic mass is 10.0. The zero-order valence-electron chi connectivity index (χ0n) is 19.2. The predicted octanol–water partition coefficient (Wildman–Crippen LogP) is 3.47. The molecule has 8 heteroatoms. The normalized spacial score (nSPS) is 11.7. The fourth-order valence-electron chi connectivity index (χ4n) is 4.20. The first-order valence-electron chi connectivity index (χ1n) is 10.8. The molecule has 0 spiro atoms. The van der Waals surface area contributed by atoms with Crippen LogP contribution < -0.4 is 16.0 Å². The third kappa shape index (κ3) is 3.09. The Labute approximate surface area is 189 Å². The maximum absolute atomic E-state index is 13.0. The second kappa shape index (κ2) is 7.51. The van der Waals surface area contributed by atoms with Crippen molar-refractivity contribution in [3.8, 4) is 22.7 Å². The summed E-state index contributed by atoms with van der Waals surface area (Å²) in [6.45, 7) is 4.31. The van der Waals surface area contributed by atoms with Crippen LogP contribution in [0.25, 0.3) is 33.9 Å². The van der Waals surface area contributed by atoms with E-state index in [0.717, 1.165) is 27.3 Å². The van der Waals surface area contributed by atoms with E-state index >= 15 is 0 Å². The largest absolute Gasteiger partial charge is 0.497 e. The van der Waals surface area contributed by atoms with Crippen molar-refractivity contribution in [3.05, 3.63) is 81.1 Å². The topological polar surface area (TPSA) is 75.5 Å². The van der Waals surface area contributed by atoms with E-state index in [1.165, 1.54) is 17.2 Å². The Hall–Kier alpha value is -4.07. The number of rotatable bonds is 4. The molecule has 8 nitrogen and oxygen atoms in total. The van der Waals surface area contributed by atoms with Crippen LogP contribution in [0.1, 0.15) is 25.3 Å². The Balaban J connectivity index is 1.87. The standard InChI is InChI=1S/C25H25N5O3/c1-15(2)16-6-10-18(11-7-16)30-20(17-8-12-19(33-5)13-9-17)14-29-21-22(26-24(29)30)27(3)25(32)28(4)23(21)31/h6-15H,1-5H3. The molecule has 0 aliphatic heterocycles. The molecule has 168 valence electrons. The fraction of sp³-hybridized carbons (Fsp3) is 0.240. The molecule has 3 aromatic heterocycles. The van der Waals surface area contributed by atoms with Gasteiger partial charge in [-0.1, -0.05) is 26.0 Å². The highest BCUT2D eigenvalue weighted by atomic mass is 16.5. The van der Waals surface area contributed by atoms with Crippen molar-refractivity contribution in [1.29, 1.82) is 0 Å². The molecule has 0 aliphatic carbocycles. The van der Waals surface area contributed by atoms with Gasteiger partial charge in [-0.15, -0.1) is 0 Å². The monoisotopic (exact) mass is 443 g/mol. The molecule has 33 heavy (non-hydrogen) atoms. The molecule has 5 rings (SSSR count). The average molecular weight is 444 g/mol. The predicted molar refractivity (Wildman–Crippen MR) is 129 cm³/mol. The zero-order valence-corrected chi connectivity index (χ0v) is 19.2. The van der Waals surface area contributed by atoms with Crippen molar-refractivity contribution < 1.29 is 4.74 Å². The van der Waals surface area contributed by atoms with E-state index in [4.69, 9.17) is 9.72 Å². The van der Waals surface area contributed by atoms with Crippen LogP contribution in [0.5, 0.6) is 5.75 Å². The first-order valence-corrected chi connectivity index (χ1v) is 10.8. The minimum atomic E-state index is -0.406. The van der Waals surface area contributed by atoms with Gasteiger partial charge in [0.1, 0.15) is 5.75 Å². The van der Waals surface area contributed by atoms with Gasteiger partial charge in [-0.3, -0.25) is 22.9 Å². The van der Waals surface area contributed by atoms with Crippen LogP contribution >= 0.6 is 0 Å². The van der Waals surface area contributed by atoms with E-state index in [9.17, 15) is 9.59 Å².